The summed E-state index contributed by atoms with van der Waals surface area (Å²) in [4.78, 5) is 12.9. The Labute approximate surface area is 176 Å². The van der Waals surface area contributed by atoms with Crippen LogP contribution in [0.5, 0.6) is 17.2 Å². The fourth-order valence-electron chi connectivity index (χ4n) is 2.94. The Bertz CT molecular complexity index is 989. The van der Waals surface area contributed by atoms with E-state index < -0.39 is 22.0 Å². The van der Waals surface area contributed by atoms with Gasteiger partial charge in [-0.15, -0.1) is 0 Å². The molecule has 162 valence electrons. The van der Waals surface area contributed by atoms with Gasteiger partial charge in [0.25, 0.3) is 0 Å². The van der Waals surface area contributed by atoms with Gasteiger partial charge in [-0.3, -0.25) is 4.79 Å². The molecular weight excluding hydrogens is 408 g/mol. The molecule has 1 atom stereocenters. The van der Waals surface area contributed by atoms with Gasteiger partial charge in [0.1, 0.15) is 11.8 Å². The molecule has 0 unspecified atom stereocenters. The number of hydrogen-bond donors (Lipinski definition) is 2. The molecule has 0 radical (unpaired) electrons. The first kappa shape index (κ1) is 21.9. The third kappa shape index (κ3) is 5.22. The number of methoxy groups -OCH3 is 1. The van der Waals surface area contributed by atoms with Crippen LogP contribution in [0.25, 0.3) is 0 Å². The van der Waals surface area contributed by atoms with Crippen LogP contribution in [0.2, 0.25) is 0 Å². The van der Waals surface area contributed by atoms with E-state index in [1.165, 1.54) is 19.2 Å². The zero-order valence-corrected chi connectivity index (χ0v) is 18.0. The van der Waals surface area contributed by atoms with Crippen molar-refractivity contribution in [3.8, 4) is 17.2 Å². The van der Waals surface area contributed by atoms with Crippen molar-refractivity contribution in [3.05, 3.63) is 42.5 Å². The van der Waals surface area contributed by atoms with Gasteiger partial charge >= 0.3 is 0 Å². The number of rotatable bonds is 7. The van der Waals surface area contributed by atoms with Gasteiger partial charge in [0.2, 0.25) is 15.9 Å². The van der Waals surface area contributed by atoms with Gasteiger partial charge in [0, 0.05) is 18.2 Å². The number of carbonyl (C=O) groups excluding carboxylic acids is 1. The van der Waals surface area contributed by atoms with Crippen molar-refractivity contribution in [1.82, 2.24) is 4.72 Å². The highest BCUT2D eigenvalue weighted by Crippen LogP contribution is 2.32. The molecule has 2 aromatic carbocycles. The summed E-state index contributed by atoms with van der Waals surface area (Å²) in [7, 11) is -2.40. The highest BCUT2D eigenvalue weighted by atomic mass is 32.2. The topological polar surface area (TPSA) is 103 Å². The lowest BCUT2D eigenvalue weighted by Gasteiger charge is -2.22. The van der Waals surface area contributed by atoms with Gasteiger partial charge in [-0.25, -0.2) is 8.42 Å². The van der Waals surface area contributed by atoms with Crippen molar-refractivity contribution >= 4 is 21.6 Å². The average molecular weight is 435 g/mol. The lowest BCUT2D eigenvalue weighted by Crippen LogP contribution is -2.47. The molecule has 9 heteroatoms. The standard InChI is InChI=1S/C21H26N2O6S/c1-14(2)20(23-30(25,26)17-8-6-16(27-3)7-9-17)21(24)22-15-5-10-18-19(13-15)29-12-4-11-28-18/h5-10,13-14,20,23H,4,11-12H2,1-3H3,(H,22,24)/t20-/m0/s1. The Balaban J connectivity index is 1.75. The first-order chi connectivity index (χ1) is 14.3. The zero-order valence-electron chi connectivity index (χ0n) is 17.2. The fourth-order valence-corrected chi connectivity index (χ4v) is 4.29. The number of benzene rings is 2. The number of carbonyl (C=O) groups is 1. The number of amides is 1. The minimum Gasteiger partial charge on any atom is -0.497 e. The van der Waals surface area contributed by atoms with Gasteiger partial charge in [0.15, 0.2) is 11.5 Å². The minimum atomic E-state index is -3.90. The molecule has 1 amide bonds. The van der Waals surface area contributed by atoms with Gasteiger partial charge < -0.3 is 19.5 Å². The highest BCUT2D eigenvalue weighted by Gasteiger charge is 2.28. The van der Waals surface area contributed by atoms with Crippen molar-refractivity contribution in [2.24, 2.45) is 5.92 Å². The summed E-state index contributed by atoms with van der Waals surface area (Å²) >= 11 is 0. The molecule has 0 saturated carbocycles. The molecule has 1 aliphatic heterocycles. The summed E-state index contributed by atoms with van der Waals surface area (Å²) in [5, 5.41) is 2.76. The summed E-state index contributed by atoms with van der Waals surface area (Å²) in [5.74, 6) is 0.966. The van der Waals surface area contributed by atoms with E-state index in [-0.39, 0.29) is 10.8 Å². The second kappa shape index (κ2) is 9.36. The van der Waals surface area contributed by atoms with E-state index in [2.05, 4.69) is 10.0 Å². The van der Waals surface area contributed by atoms with Crippen molar-refractivity contribution in [3.63, 3.8) is 0 Å². The van der Waals surface area contributed by atoms with E-state index >= 15 is 0 Å². The van der Waals surface area contributed by atoms with Crippen LogP contribution in [-0.2, 0) is 14.8 Å². The smallest absolute Gasteiger partial charge is 0.242 e. The van der Waals surface area contributed by atoms with Crippen molar-refractivity contribution in [2.45, 2.75) is 31.2 Å². The normalized spacial score (nSPS) is 14.7. The minimum absolute atomic E-state index is 0.0531. The van der Waals surface area contributed by atoms with Crippen molar-refractivity contribution in [1.29, 1.82) is 0 Å². The lowest BCUT2D eigenvalue weighted by atomic mass is 10.0. The summed E-state index contributed by atoms with van der Waals surface area (Å²) in [5.41, 5.74) is 0.499. The SMILES string of the molecule is COc1ccc(S(=O)(=O)N[C@H](C(=O)Nc2ccc3c(c2)OCCCO3)C(C)C)cc1. The van der Waals surface area contributed by atoms with E-state index in [0.717, 1.165) is 6.42 Å². The summed E-state index contributed by atoms with van der Waals surface area (Å²) in [6, 6.07) is 10.1. The monoisotopic (exact) mass is 434 g/mol. The Morgan fingerprint density at radius 2 is 1.70 bits per heavy atom. The first-order valence-electron chi connectivity index (χ1n) is 9.67. The van der Waals surface area contributed by atoms with Crippen LogP contribution in [0.15, 0.2) is 47.4 Å². The number of hydrogen-bond acceptors (Lipinski definition) is 6. The third-order valence-corrected chi connectivity index (χ3v) is 6.07. The lowest BCUT2D eigenvalue weighted by molar-refractivity contribution is -0.118. The number of sulfonamides is 1. The molecular formula is C21H26N2O6S. The van der Waals surface area contributed by atoms with Gasteiger partial charge in [-0.1, -0.05) is 13.8 Å². The second-order valence-corrected chi connectivity index (χ2v) is 8.93. The van der Waals surface area contributed by atoms with Crippen LogP contribution in [0.3, 0.4) is 0 Å². The third-order valence-electron chi connectivity index (χ3n) is 4.62. The second-order valence-electron chi connectivity index (χ2n) is 7.22. The summed E-state index contributed by atoms with van der Waals surface area (Å²) in [6.45, 7) is 4.64. The van der Waals surface area contributed by atoms with E-state index in [0.29, 0.717) is 36.1 Å². The van der Waals surface area contributed by atoms with E-state index in [9.17, 15) is 13.2 Å². The van der Waals surface area contributed by atoms with Gasteiger partial charge in [-0.2, -0.15) is 4.72 Å². The van der Waals surface area contributed by atoms with Crippen molar-refractivity contribution < 1.29 is 27.4 Å². The maximum Gasteiger partial charge on any atom is 0.242 e. The largest absolute Gasteiger partial charge is 0.497 e. The molecule has 1 heterocycles. The molecule has 0 aliphatic carbocycles. The molecule has 8 nitrogen and oxygen atoms in total. The van der Waals surface area contributed by atoms with Crippen LogP contribution >= 0.6 is 0 Å². The van der Waals surface area contributed by atoms with E-state index in [1.807, 2.05) is 0 Å². The van der Waals surface area contributed by atoms with Crippen LogP contribution in [0.1, 0.15) is 20.3 Å². The Morgan fingerprint density at radius 3 is 2.33 bits per heavy atom. The molecule has 2 aromatic rings. The molecule has 2 N–H and O–H groups in total. The number of ether oxygens (including phenoxy) is 3. The predicted octanol–water partition coefficient (Wildman–Crippen LogP) is 2.80. The molecule has 1 aliphatic rings. The predicted molar refractivity (Wildman–Crippen MR) is 113 cm³/mol. The Kier molecular flexibility index (Phi) is 6.84. The Morgan fingerprint density at radius 1 is 1.03 bits per heavy atom. The van der Waals surface area contributed by atoms with Crippen molar-refractivity contribution in [2.75, 3.05) is 25.6 Å². The molecule has 0 aromatic heterocycles. The zero-order chi connectivity index (χ0) is 21.7. The number of anilines is 1. The maximum atomic E-state index is 12.9. The number of fused-ring (bicyclic) bond motifs is 1. The van der Waals surface area contributed by atoms with Crippen LogP contribution in [0, 0.1) is 5.92 Å². The van der Waals surface area contributed by atoms with Crippen LogP contribution in [0.4, 0.5) is 5.69 Å². The number of nitrogens with one attached hydrogen (secondary N) is 2. The Hall–Kier alpha value is -2.78. The average Bonchev–Trinajstić information content (AvgIpc) is 2.97. The fraction of sp³-hybridized carbons (Fsp3) is 0.381. The molecule has 30 heavy (non-hydrogen) atoms. The summed E-state index contributed by atoms with van der Waals surface area (Å²) in [6.07, 6.45) is 0.777. The quantitative estimate of drug-likeness (QED) is 0.695. The van der Waals surface area contributed by atoms with Crippen LogP contribution < -0.4 is 24.2 Å². The van der Waals surface area contributed by atoms with Crippen LogP contribution in [-0.4, -0.2) is 40.7 Å². The van der Waals surface area contributed by atoms with E-state index in [4.69, 9.17) is 14.2 Å². The molecule has 3 rings (SSSR count). The molecule has 0 spiro atoms. The summed E-state index contributed by atoms with van der Waals surface area (Å²) < 4.78 is 44.3. The maximum absolute atomic E-state index is 12.9. The molecule has 0 saturated heterocycles. The molecule has 0 bridgehead atoms. The molecule has 0 fully saturated rings. The van der Waals surface area contributed by atoms with Gasteiger partial charge in [-0.05, 0) is 42.3 Å². The first-order valence-corrected chi connectivity index (χ1v) is 11.2. The highest BCUT2D eigenvalue weighted by molar-refractivity contribution is 7.89. The van der Waals surface area contributed by atoms with E-state index in [1.54, 1.807) is 44.2 Å². The van der Waals surface area contributed by atoms with Gasteiger partial charge in [0.05, 0.1) is 25.2 Å².